The van der Waals surface area contributed by atoms with E-state index in [1.165, 1.54) is 4.90 Å². The summed E-state index contributed by atoms with van der Waals surface area (Å²) in [5.74, 6) is -6.58. The average molecular weight is 546 g/mol. The van der Waals surface area contributed by atoms with Gasteiger partial charge >= 0.3 is 17.9 Å². The lowest BCUT2D eigenvalue weighted by Gasteiger charge is -2.28. The molecule has 14 heteroatoms. The van der Waals surface area contributed by atoms with Crippen LogP contribution in [0.4, 0.5) is 0 Å². The third kappa shape index (κ3) is 7.54. The van der Waals surface area contributed by atoms with Crippen LogP contribution in [-0.2, 0) is 35.2 Å². The number of aromatic amines is 1. The van der Waals surface area contributed by atoms with Crippen LogP contribution >= 0.6 is 0 Å². The van der Waals surface area contributed by atoms with Crippen molar-refractivity contribution in [2.75, 3.05) is 6.54 Å². The number of carboxylic acid groups (broad SMARTS) is 3. The second-order valence-electron chi connectivity index (χ2n) is 9.35. The molecular formula is C25H31N5O9. The highest BCUT2D eigenvalue weighted by Gasteiger charge is 2.38. The highest BCUT2D eigenvalue weighted by Crippen LogP contribution is 2.22. The molecule has 1 fully saturated rings. The van der Waals surface area contributed by atoms with E-state index >= 15 is 0 Å². The molecule has 1 aromatic heterocycles. The maximum atomic E-state index is 13.2. The summed E-state index contributed by atoms with van der Waals surface area (Å²) >= 11 is 0. The van der Waals surface area contributed by atoms with Gasteiger partial charge in [-0.25, -0.2) is 4.79 Å². The van der Waals surface area contributed by atoms with E-state index in [1.54, 1.807) is 6.20 Å². The van der Waals surface area contributed by atoms with Gasteiger partial charge in [-0.2, -0.15) is 0 Å². The second-order valence-corrected chi connectivity index (χ2v) is 9.35. The number of rotatable bonds is 13. The van der Waals surface area contributed by atoms with E-state index in [9.17, 15) is 39.0 Å². The van der Waals surface area contributed by atoms with E-state index in [1.807, 2.05) is 24.3 Å². The largest absolute Gasteiger partial charge is 0.481 e. The van der Waals surface area contributed by atoms with E-state index in [0.29, 0.717) is 6.42 Å². The van der Waals surface area contributed by atoms with Crippen molar-refractivity contribution in [3.63, 3.8) is 0 Å². The van der Waals surface area contributed by atoms with Crippen molar-refractivity contribution in [3.8, 4) is 0 Å². The number of likely N-dealkylation sites (tertiary alicyclic amines) is 1. The van der Waals surface area contributed by atoms with Crippen LogP contribution in [0.5, 0.6) is 0 Å². The molecule has 1 aliphatic rings. The first-order chi connectivity index (χ1) is 18.5. The first kappa shape index (κ1) is 29.1. The Bertz CT molecular complexity index is 1260. The molecule has 0 radical (unpaired) electrons. The smallest absolute Gasteiger partial charge is 0.326 e. The van der Waals surface area contributed by atoms with Crippen LogP contribution in [-0.4, -0.2) is 91.5 Å². The minimum Gasteiger partial charge on any atom is -0.481 e. The molecule has 1 saturated heterocycles. The van der Waals surface area contributed by atoms with Gasteiger partial charge in [-0.1, -0.05) is 18.2 Å². The highest BCUT2D eigenvalue weighted by atomic mass is 16.4. The van der Waals surface area contributed by atoms with E-state index in [0.717, 1.165) is 16.5 Å². The van der Waals surface area contributed by atoms with Gasteiger partial charge in [0.2, 0.25) is 17.7 Å². The fourth-order valence-corrected chi connectivity index (χ4v) is 4.59. The summed E-state index contributed by atoms with van der Waals surface area (Å²) in [6, 6.07) is 2.31. The average Bonchev–Trinajstić information content (AvgIpc) is 3.52. The van der Waals surface area contributed by atoms with Gasteiger partial charge in [0.1, 0.15) is 18.1 Å². The second kappa shape index (κ2) is 12.9. The van der Waals surface area contributed by atoms with Crippen LogP contribution in [0, 0.1) is 0 Å². The number of H-pyrrole nitrogens is 1. The lowest BCUT2D eigenvalue weighted by atomic mass is 10.0. The van der Waals surface area contributed by atoms with E-state index in [4.69, 9.17) is 10.8 Å². The van der Waals surface area contributed by atoms with E-state index in [-0.39, 0.29) is 19.4 Å². The number of aliphatic carboxylic acids is 3. The maximum Gasteiger partial charge on any atom is 0.326 e. The van der Waals surface area contributed by atoms with Crippen molar-refractivity contribution in [3.05, 3.63) is 36.0 Å². The standard InChI is InChI=1S/C25H31N5O9/c26-15(10-13-12-27-16-5-2-1-4-14(13)16)24(37)30-9-3-6-19(30)23(36)29-18(11-21(33)34)22(35)28-17(25(38)39)7-8-20(31)32/h1-2,4-5,12,15,17-19,27H,3,6-11,26H2,(H,28,35)(H,29,36)(H,31,32)(H,33,34)(H,38,39). The Balaban J connectivity index is 1.67. The van der Waals surface area contributed by atoms with Gasteiger partial charge in [0.15, 0.2) is 0 Å². The number of fused-ring (bicyclic) bond motifs is 1. The van der Waals surface area contributed by atoms with Gasteiger partial charge in [-0.3, -0.25) is 24.0 Å². The Morgan fingerprint density at radius 3 is 2.41 bits per heavy atom. The quantitative estimate of drug-likeness (QED) is 0.169. The van der Waals surface area contributed by atoms with Crippen molar-refractivity contribution in [1.82, 2.24) is 20.5 Å². The third-order valence-corrected chi connectivity index (χ3v) is 6.54. The number of carbonyl (C=O) groups excluding carboxylic acids is 3. The predicted molar refractivity (Wildman–Crippen MR) is 135 cm³/mol. The molecule has 8 N–H and O–H groups in total. The number of hydrogen-bond donors (Lipinski definition) is 7. The number of benzene rings is 1. The Morgan fingerprint density at radius 1 is 1.03 bits per heavy atom. The molecule has 14 nitrogen and oxygen atoms in total. The fourth-order valence-electron chi connectivity index (χ4n) is 4.59. The Kier molecular flexibility index (Phi) is 9.60. The van der Waals surface area contributed by atoms with Crippen LogP contribution in [0.15, 0.2) is 30.5 Å². The Hall–Kier alpha value is -4.46. The van der Waals surface area contributed by atoms with Crippen LogP contribution in [0.25, 0.3) is 10.9 Å². The maximum absolute atomic E-state index is 13.2. The third-order valence-electron chi connectivity index (χ3n) is 6.54. The first-order valence-corrected chi connectivity index (χ1v) is 12.4. The molecule has 3 rings (SSSR count). The predicted octanol–water partition coefficient (Wildman–Crippen LogP) is -0.578. The molecule has 39 heavy (non-hydrogen) atoms. The summed E-state index contributed by atoms with van der Waals surface area (Å²) in [7, 11) is 0. The number of para-hydroxylation sites is 1. The van der Waals surface area contributed by atoms with Gasteiger partial charge < -0.3 is 41.6 Å². The number of hydrogen-bond acceptors (Lipinski definition) is 7. The topological polar surface area (TPSA) is 232 Å². The number of nitrogens with zero attached hydrogens (tertiary/aromatic N) is 1. The van der Waals surface area contributed by atoms with Crippen LogP contribution in [0.3, 0.4) is 0 Å². The summed E-state index contributed by atoms with van der Waals surface area (Å²) in [6.45, 7) is 0.241. The summed E-state index contributed by atoms with van der Waals surface area (Å²) in [5, 5.41) is 32.6. The molecule has 3 amide bonds. The van der Waals surface area contributed by atoms with Crippen molar-refractivity contribution in [2.24, 2.45) is 5.73 Å². The SMILES string of the molecule is NC(Cc1c[nH]c2ccccc12)C(=O)N1CCCC1C(=O)NC(CC(=O)O)C(=O)NC(CCC(=O)O)C(=O)O. The summed E-state index contributed by atoms with van der Waals surface area (Å²) in [4.78, 5) is 76.9. The van der Waals surface area contributed by atoms with Gasteiger partial charge in [0, 0.05) is 30.1 Å². The Labute approximate surface area is 222 Å². The zero-order chi connectivity index (χ0) is 28.7. The summed E-state index contributed by atoms with van der Waals surface area (Å²) < 4.78 is 0. The molecule has 4 atom stereocenters. The van der Waals surface area contributed by atoms with Crippen LogP contribution in [0.1, 0.15) is 37.7 Å². The summed E-state index contributed by atoms with van der Waals surface area (Å²) in [5.41, 5.74) is 7.94. The van der Waals surface area contributed by atoms with Gasteiger partial charge in [0.25, 0.3) is 0 Å². The zero-order valence-corrected chi connectivity index (χ0v) is 21.0. The van der Waals surface area contributed by atoms with Crippen molar-refractivity contribution in [2.45, 2.75) is 62.7 Å². The fraction of sp³-hybridized carbons (Fsp3) is 0.440. The molecule has 4 unspecified atom stereocenters. The van der Waals surface area contributed by atoms with Gasteiger partial charge in [-0.15, -0.1) is 0 Å². The minimum absolute atomic E-state index is 0.213. The van der Waals surface area contributed by atoms with Gasteiger partial charge in [0.05, 0.1) is 12.5 Å². The number of nitrogens with two attached hydrogens (primary N) is 1. The van der Waals surface area contributed by atoms with Crippen LogP contribution in [0.2, 0.25) is 0 Å². The molecular weight excluding hydrogens is 514 g/mol. The molecule has 0 saturated carbocycles. The number of nitrogens with one attached hydrogen (secondary N) is 3. The molecule has 1 aliphatic heterocycles. The molecule has 1 aromatic carbocycles. The number of carbonyl (C=O) groups is 6. The molecule has 2 aromatic rings. The molecule has 0 spiro atoms. The van der Waals surface area contributed by atoms with Crippen molar-refractivity contribution in [1.29, 1.82) is 0 Å². The molecule has 2 heterocycles. The zero-order valence-electron chi connectivity index (χ0n) is 21.0. The summed E-state index contributed by atoms with van der Waals surface area (Å²) in [6.07, 6.45) is 0.871. The highest BCUT2D eigenvalue weighted by molar-refractivity contribution is 5.96. The van der Waals surface area contributed by atoms with E-state index < -0.39 is 79.1 Å². The van der Waals surface area contributed by atoms with Crippen molar-refractivity contribution >= 4 is 46.5 Å². The Morgan fingerprint density at radius 2 is 1.74 bits per heavy atom. The number of carboxylic acids is 3. The minimum atomic E-state index is -1.65. The molecule has 210 valence electrons. The van der Waals surface area contributed by atoms with Gasteiger partial charge in [-0.05, 0) is 37.3 Å². The normalized spacial score (nSPS) is 17.3. The van der Waals surface area contributed by atoms with Crippen LogP contribution < -0.4 is 16.4 Å². The lowest BCUT2D eigenvalue weighted by molar-refractivity contribution is -0.145. The number of amides is 3. The lowest BCUT2D eigenvalue weighted by Crippen LogP contribution is -2.57. The molecule has 0 bridgehead atoms. The molecule has 0 aliphatic carbocycles. The monoisotopic (exact) mass is 545 g/mol. The first-order valence-electron chi connectivity index (χ1n) is 12.4. The van der Waals surface area contributed by atoms with E-state index in [2.05, 4.69) is 15.6 Å². The van der Waals surface area contributed by atoms with Crippen molar-refractivity contribution < 1.29 is 44.1 Å². The number of aromatic nitrogens is 1.